The number of aliphatic hydroxyl groups excluding tert-OH is 1. The number of amides is 1. The van der Waals surface area contributed by atoms with Gasteiger partial charge in [0.15, 0.2) is 0 Å². The molecule has 0 spiro atoms. The lowest BCUT2D eigenvalue weighted by molar-refractivity contribution is -0.120. The summed E-state index contributed by atoms with van der Waals surface area (Å²) in [5.74, 6) is 5.41. The fraction of sp³-hybridized carbons (Fsp3) is 0.333. The average molecular weight is 234 g/mol. The zero-order valence-corrected chi connectivity index (χ0v) is 9.56. The van der Waals surface area contributed by atoms with E-state index >= 15 is 0 Å². The van der Waals surface area contributed by atoms with Crippen LogP contribution in [0.25, 0.3) is 0 Å². The molecule has 5 nitrogen and oxygen atoms in total. The molecule has 1 aromatic rings. The molecule has 1 rings (SSSR count). The van der Waals surface area contributed by atoms with Crippen LogP contribution in [0.15, 0.2) is 18.3 Å². The Hall–Kier alpha value is -1.90. The van der Waals surface area contributed by atoms with Crippen molar-refractivity contribution in [2.75, 3.05) is 25.1 Å². The number of hydrogen-bond acceptors (Lipinski definition) is 4. The molecular weight excluding hydrogens is 220 g/mol. The van der Waals surface area contributed by atoms with Crippen LogP contribution in [-0.4, -0.2) is 35.8 Å². The lowest BCUT2D eigenvalue weighted by Crippen LogP contribution is -2.18. The van der Waals surface area contributed by atoms with E-state index in [2.05, 4.69) is 22.1 Å². The van der Waals surface area contributed by atoms with Gasteiger partial charge in [-0.05, 0) is 19.1 Å². The predicted molar refractivity (Wildman–Crippen MR) is 63.3 cm³/mol. The molecule has 0 aliphatic carbocycles. The summed E-state index contributed by atoms with van der Waals surface area (Å²) >= 11 is 0. The average Bonchev–Trinajstić information content (AvgIpc) is 2.34. The quantitative estimate of drug-likeness (QED) is 0.740. The van der Waals surface area contributed by atoms with Crippen LogP contribution in [0.3, 0.4) is 0 Å². The van der Waals surface area contributed by atoms with Crippen LogP contribution >= 0.6 is 0 Å². The summed E-state index contributed by atoms with van der Waals surface area (Å²) in [4.78, 5) is 15.3. The summed E-state index contributed by atoms with van der Waals surface area (Å²) < 4.78 is 4.96. The van der Waals surface area contributed by atoms with Gasteiger partial charge in [-0.15, -0.1) is 0 Å². The second-order valence-corrected chi connectivity index (χ2v) is 3.07. The molecule has 0 radical (unpaired) electrons. The molecule has 0 saturated heterocycles. The van der Waals surface area contributed by atoms with E-state index < -0.39 is 0 Å². The molecular formula is C12H14N2O3. The van der Waals surface area contributed by atoms with Crippen molar-refractivity contribution in [3.8, 4) is 11.8 Å². The van der Waals surface area contributed by atoms with Crippen molar-refractivity contribution in [3.05, 3.63) is 23.9 Å². The molecule has 2 N–H and O–H groups in total. The van der Waals surface area contributed by atoms with Crippen LogP contribution in [-0.2, 0) is 9.53 Å². The third-order valence-electron chi connectivity index (χ3n) is 1.78. The Morgan fingerprint density at radius 1 is 1.65 bits per heavy atom. The molecule has 90 valence electrons. The van der Waals surface area contributed by atoms with E-state index in [0.29, 0.717) is 18.0 Å². The lowest BCUT2D eigenvalue weighted by atomic mass is 10.2. The summed E-state index contributed by atoms with van der Waals surface area (Å²) in [6.45, 7) is 2.11. The van der Waals surface area contributed by atoms with E-state index in [-0.39, 0.29) is 19.1 Å². The van der Waals surface area contributed by atoms with Gasteiger partial charge in [0, 0.05) is 18.4 Å². The monoisotopic (exact) mass is 234 g/mol. The minimum absolute atomic E-state index is 0.00469. The molecule has 0 aromatic carbocycles. The van der Waals surface area contributed by atoms with Crippen LogP contribution in [0.2, 0.25) is 0 Å². The highest BCUT2D eigenvalue weighted by atomic mass is 16.5. The van der Waals surface area contributed by atoms with Crippen molar-refractivity contribution in [1.82, 2.24) is 4.98 Å². The first-order valence-electron chi connectivity index (χ1n) is 5.19. The minimum Gasteiger partial charge on any atom is -0.384 e. The third-order valence-corrected chi connectivity index (χ3v) is 1.78. The van der Waals surface area contributed by atoms with Crippen molar-refractivity contribution in [3.63, 3.8) is 0 Å². The summed E-state index contributed by atoms with van der Waals surface area (Å²) in [5.41, 5.74) is 0.681. The SMILES string of the molecule is CCOCC(=O)Nc1cc(C#CCO)ccn1. The first-order valence-corrected chi connectivity index (χ1v) is 5.19. The van der Waals surface area contributed by atoms with E-state index in [1.807, 2.05) is 6.92 Å². The second kappa shape index (κ2) is 7.39. The van der Waals surface area contributed by atoms with Gasteiger partial charge in [-0.1, -0.05) is 11.8 Å². The molecule has 1 heterocycles. The van der Waals surface area contributed by atoms with E-state index in [0.717, 1.165) is 0 Å². The van der Waals surface area contributed by atoms with Crippen LogP contribution in [0.5, 0.6) is 0 Å². The zero-order valence-electron chi connectivity index (χ0n) is 9.56. The molecule has 0 aliphatic rings. The topological polar surface area (TPSA) is 71.5 Å². The minimum atomic E-state index is -0.258. The number of nitrogens with zero attached hydrogens (tertiary/aromatic N) is 1. The van der Waals surface area contributed by atoms with Gasteiger partial charge in [-0.2, -0.15) is 0 Å². The Labute approximate surface area is 99.8 Å². The van der Waals surface area contributed by atoms with Crippen LogP contribution in [0, 0.1) is 11.8 Å². The number of carbonyl (C=O) groups is 1. The maximum absolute atomic E-state index is 11.3. The number of carbonyl (C=O) groups excluding carboxylic acids is 1. The van der Waals surface area contributed by atoms with Gasteiger partial charge in [-0.25, -0.2) is 4.98 Å². The number of aromatic nitrogens is 1. The molecule has 0 bridgehead atoms. The predicted octanol–water partition coefficient (Wildman–Crippen LogP) is 0.400. The number of aliphatic hydroxyl groups is 1. The van der Waals surface area contributed by atoms with Gasteiger partial charge >= 0.3 is 0 Å². The van der Waals surface area contributed by atoms with Gasteiger partial charge in [0.2, 0.25) is 0 Å². The van der Waals surface area contributed by atoms with Crippen LogP contribution < -0.4 is 5.32 Å². The Balaban J connectivity index is 2.62. The fourth-order valence-electron chi connectivity index (χ4n) is 1.09. The first kappa shape index (κ1) is 13.2. The van der Waals surface area contributed by atoms with Crippen molar-refractivity contribution < 1.29 is 14.6 Å². The van der Waals surface area contributed by atoms with Crippen LogP contribution in [0.1, 0.15) is 12.5 Å². The molecule has 0 atom stereocenters. The largest absolute Gasteiger partial charge is 0.384 e. The first-order chi connectivity index (χ1) is 8.26. The van der Waals surface area contributed by atoms with Gasteiger partial charge < -0.3 is 15.2 Å². The number of rotatable bonds is 4. The molecule has 0 aliphatic heterocycles. The Morgan fingerprint density at radius 3 is 3.18 bits per heavy atom. The van der Waals surface area contributed by atoms with Crippen molar-refractivity contribution >= 4 is 11.7 Å². The molecule has 0 unspecified atom stereocenters. The second-order valence-electron chi connectivity index (χ2n) is 3.07. The van der Waals surface area contributed by atoms with Gasteiger partial charge in [0.1, 0.15) is 19.0 Å². The number of hydrogen-bond donors (Lipinski definition) is 2. The van der Waals surface area contributed by atoms with E-state index in [1.54, 1.807) is 12.1 Å². The molecule has 0 fully saturated rings. The number of pyridine rings is 1. The van der Waals surface area contributed by atoms with Crippen molar-refractivity contribution in [2.24, 2.45) is 0 Å². The zero-order chi connectivity index (χ0) is 12.5. The standard InChI is InChI=1S/C12H14N2O3/c1-2-17-9-12(16)14-11-8-10(4-3-7-15)5-6-13-11/h5-6,8,15H,2,7,9H2,1H3,(H,13,14,16). The molecule has 17 heavy (non-hydrogen) atoms. The maximum atomic E-state index is 11.3. The Bertz CT molecular complexity index is 435. The molecule has 1 amide bonds. The maximum Gasteiger partial charge on any atom is 0.251 e. The number of anilines is 1. The normalized spacial score (nSPS) is 9.29. The summed E-state index contributed by atoms with van der Waals surface area (Å²) in [5, 5.41) is 11.2. The highest BCUT2D eigenvalue weighted by Gasteiger charge is 2.02. The lowest BCUT2D eigenvalue weighted by Gasteiger charge is -2.04. The fourth-order valence-corrected chi connectivity index (χ4v) is 1.09. The molecule has 0 saturated carbocycles. The third kappa shape index (κ3) is 5.11. The van der Waals surface area contributed by atoms with Gasteiger partial charge in [0.05, 0.1) is 0 Å². The highest BCUT2D eigenvalue weighted by Crippen LogP contribution is 2.05. The Morgan fingerprint density at radius 2 is 2.47 bits per heavy atom. The highest BCUT2D eigenvalue weighted by molar-refractivity contribution is 5.90. The van der Waals surface area contributed by atoms with Gasteiger partial charge in [0.25, 0.3) is 5.91 Å². The Kier molecular flexibility index (Phi) is 5.72. The van der Waals surface area contributed by atoms with Gasteiger partial charge in [-0.3, -0.25) is 4.79 Å². The van der Waals surface area contributed by atoms with E-state index in [9.17, 15) is 4.79 Å². The molecule has 5 heteroatoms. The summed E-state index contributed by atoms with van der Waals surface area (Å²) in [6.07, 6.45) is 1.54. The summed E-state index contributed by atoms with van der Waals surface area (Å²) in [7, 11) is 0. The smallest absolute Gasteiger partial charge is 0.251 e. The van der Waals surface area contributed by atoms with E-state index in [1.165, 1.54) is 6.20 Å². The van der Waals surface area contributed by atoms with Crippen LogP contribution in [0.4, 0.5) is 5.82 Å². The summed E-state index contributed by atoms with van der Waals surface area (Å²) in [6, 6.07) is 3.33. The van der Waals surface area contributed by atoms with Crippen molar-refractivity contribution in [1.29, 1.82) is 0 Å². The van der Waals surface area contributed by atoms with E-state index in [4.69, 9.17) is 9.84 Å². The molecule has 1 aromatic heterocycles. The number of ether oxygens (including phenoxy) is 1. The number of nitrogens with one attached hydrogen (secondary N) is 1. The van der Waals surface area contributed by atoms with Crippen molar-refractivity contribution in [2.45, 2.75) is 6.92 Å².